The van der Waals surface area contributed by atoms with Crippen LogP contribution >= 0.6 is 0 Å². The first-order valence-corrected chi connectivity index (χ1v) is 5.17. The molecule has 3 heteroatoms. The van der Waals surface area contributed by atoms with Gasteiger partial charge in [0.25, 0.3) is 0 Å². The minimum Gasteiger partial charge on any atom is -0.449 e. The summed E-state index contributed by atoms with van der Waals surface area (Å²) in [6.45, 7) is 2.00. The molecular formula is C13H12BFO. The van der Waals surface area contributed by atoms with E-state index in [1.165, 1.54) is 6.07 Å². The van der Waals surface area contributed by atoms with Crippen LogP contribution in [0.2, 0.25) is 0 Å². The standard InChI is InChI=1S/C13H12BFO/c1-9-3-2-4-10(7-9)11-5-6-12(14-16)13(15)8-11/h2-8,14,16H,1H3. The maximum atomic E-state index is 13.5. The van der Waals surface area contributed by atoms with Crippen LogP contribution in [0.5, 0.6) is 0 Å². The molecule has 16 heavy (non-hydrogen) atoms. The molecule has 0 amide bonds. The summed E-state index contributed by atoms with van der Waals surface area (Å²) in [7, 11) is -0.264. The molecule has 0 heterocycles. The Morgan fingerprint density at radius 3 is 2.44 bits per heavy atom. The van der Waals surface area contributed by atoms with Gasteiger partial charge in [0.2, 0.25) is 0 Å². The van der Waals surface area contributed by atoms with Gasteiger partial charge in [0, 0.05) is 0 Å². The molecule has 0 aliphatic carbocycles. The van der Waals surface area contributed by atoms with E-state index >= 15 is 0 Å². The quantitative estimate of drug-likeness (QED) is 0.755. The summed E-state index contributed by atoms with van der Waals surface area (Å²) in [5.41, 5.74) is 3.29. The maximum absolute atomic E-state index is 13.5. The van der Waals surface area contributed by atoms with Crippen molar-refractivity contribution in [1.29, 1.82) is 0 Å². The lowest BCUT2D eigenvalue weighted by atomic mass is 9.87. The molecule has 2 aromatic rings. The minimum atomic E-state index is -0.360. The molecule has 0 saturated heterocycles. The van der Waals surface area contributed by atoms with E-state index in [1.807, 2.05) is 37.3 Å². The Kier molecular flexibility index (Phi) is 3.06. The highest BCUT2D eigenvalue weighted by atomic mass is 19.1. The lowest BCUT2D eigenvalue weighted by Crippen LogP contribution is -2.17. The number of aryl methyl sites for hydroxylation is 1. The van der Waals surface area contributed by atoms with Crippen LogP contribution in [0.15, 0.2) is 42.5 Å². The van der Waals surface area contributed by atoms with Crippen LogP contribution in [-0.2, 0) is 0 Å². The molecule has 1 nitrogen and oxygen atoms in total. The van der Waals surface area contributed by atoms with Crippen molar-refractivity contribution < 1.29 is 9.41 Å². The molecule has 0 saturated carbocycles. The molecule has 0 radical (unpaired) electrons. The molecule has 0 bridgehead atoms. The van der Waals surface area contributed by atoms with E-state index in [9.17, 15) is 4.39 Å². The fourth-order valence-corrected chi connectivity index (χ4v) is 1.68. The van der Waals surface area contributed by atoms with Crippen molar-refractivity contribution >= 4 is 12.9 Å². The zero-order chi connectivity index (χ0) is 11.5. The van der Waals surface area contributed by atoms with Crippen LogP contribution < -0.4 is 5.46 Å². The van der Waals surface area contributed by atoms with Gasteiger partial charge in [-0.05, 0) is 29.6 Å². The van der Waals surface area contributed by atoms with Crippen molar-refractivity contribution in [3.05, 3.63) is 53.8 Å². The van der Waals surface area contributed by atoms with E-state index in [4.69, 9.17) is 5.02 Å². The van der Waals surface area contributed by atoms with Gasteiger partial charge < -0.3 is 5.02 Å². The van der Waals surface area contributed by atoms with Crippen molar-refractivity contribution in [3.63, 3.8) is 0 Å². The van der Waals surface area contributed by atoms with Crippen LogP contribution in [-0.4, -0.2) is 12.5 Å². The van der Waals surface area contributed by atoms with E-state index in [1.54, 1.807) is 6.07 Å². The van der Waals surface area contributed by atoms with Gasteiger partial charge in [-0.2, -0.15) is 0 Å². The number of hydrogen-bond donors (Lipinski definition) is 1. The lowest BCUT2D eigenvalue weighted by Gasteiger charge is -2.05. The third kappa shape index (κ3) is 2.14. The van der Waals surface area contributed by atoms with Crippen LogP contribution in [0, 0.1) is 12.7 Å². The zero-order valence-electron chi connectivity index (χ0n) is 9.07. The molecule has 0 aliphatic rings. The molecule has 0 fully saturated rings. The molecule has 0 spiro atoms. The minimum absolute atomic E-state index is 0.264. The van der Waals surface area contributed by atoms with Gasteiger partial charge in [0.1, 0.15) is 5.82 Å². The Hall–Kier alpha value is -1.61. The maximum Gasteiger partial charge on any atom is 0.307 e. The second-order valence-electron chi connectivity index (χ2n) is 3.83. The fourth-order valence-electron chi connectivity index (χ4n) is 1.68. The summed E-state index contributed by atoms with van der Waals surface area (Å²) in [6.07, 6.45) is 0. The largest absolute Gasteiger partial charge is 0.449 e. The first kappa shape index (κ1) is 10.9. The summed E-state index contributed by atoms with van der Waals surface area (Å²) in [4.78, 5) is 0. The van der Waals surface area contributed by atoms with E-state index in [0.717, 1.165) is 16.7 Å². The fraction of sp³-hybridized carbons (Fsp3) is 0.0769. The molecular weight excluding hydrogens is 202 g/mol. The topological polar surface area (TPSA) is 20.2 Å². The van der Waals surface area contributed by atoms with Gasteiger partial charge in [-0.1, -0.05) is 42.0 Å². The van der Waals surface area contributed by atoms with E-state index < -0.39 is 0 Å². The van der Waals surface area contributed by atoms with Crippen molar-refractivity contribution in [2.75, 3.05) is 0 Å². The van der Waals surface area contributed by atoms with E-state index in [2.05, 4.69) is 0 Å². The van der Waals surface area contributed by atoms with E-state index in [0.29, 0.717) is 5.46 Å². The van der Waals surface area contributed by atoms with Crippen LogP contribution in [0.3, 0.4) is 0 Å². The van der Waals surface area contributed by atoms with Gasteiger partial charge in [-0.25, -0.2) is 4.39 Å². The van der Waals surface area contributed by atoms with Gasteiger partial charge in [0.05, 0.1) is 0 Å². The first-order chi connectivity index (χ1) is 7.70. The number of benzene rings is 2. The Labute approximate surface area is 94.8 Å². The Balaban J connectivity index is 2.45. The van der Waals surface area contributed by atoms with Crippen molar-refractivity contribution in [3.8, 4) is 11.1 Å². The highest BCUT2D eigenvalue weighted by Crippen LogP contribution is 2.20. The summed E-state index contributed by atoms with van der Waals surface area (Å²) >= 11 is 0. The molecule has 2 aromatic carbocycles. The number of rotatable bonds is 2. The van der Waals surface area contributed by atoms with Gasteiger partial charge in [-0.3, -0.25) is 0 Å². The normalized spacial score (nSPS) is 10.2. The third-order valence-corrected chi connectivity index (χ3v) is 2.57. The Bertz CT molecular complexity index is 511. The Morgan fingerprint density at radius 2 is 1.81 bits per heavy atom. The van der Waals surface area contributed by atoms with Crippen LogP contribution in [0.25, 0.3) is 11.1 Å². The van der Waals surface area contributed by atoms with Gasteiger partial charge in [-0.15, -0.1) is 0 Å². The molecule has 1 N–H and O–H groups in total. The summed E-state index contributed by atoms with van der Waals surface area (Å²) in [5.74, 6) is -0.360. The lowest BCUT2D eigenvalue weighted by molar-refractivity contribution is 0.602. The highest BCUT2D eigenvalue weighted by Gasteiger charge is 2.05. The van der Waals surface area contributed by atoms with Crippen molar-refractivity contribution in [1.82, 2.24) is 0 Å². The predicted molar refractivity (Wildman–Crippen MR) is 65.6 cm³/mol. The molecule has 2 rings (SSSR count). The second kappa shape index (κ2) is 4.50. The zero-order valence-corrected chi connectivity index (χ0v) is 9.07. The van der Waals surface area contributed by atoms with Crippen LogP contribution in [0.4, 0.5) is 4.39 Å². The average molecular weight is 214 g/mol. The smallest absolute Gasteiger partial charge is 0.307 e. The molecule has 80 valence electrons. The van der Waals surface area contributed by atoms with Crippen molar-refractivity contribution in [2.45, 2.75) is 6.92 Å². The SMILES string of the molecule is Cc1cccc(-c2ccc(BO)c(F)c2)c1. The molecule has 0 unspecified atom stereocenters. The third-order valence-electron chi connectivity index (χ3n) is 2.57. The first-order valence-electron chi connectivity index (χ1n) is 5.17. The van der Waals surface area contributed by atoms with E-state index in [-0.39, 0.29) is 13.3 Å². The number of hydrogen-bond acceptors (Lipinski definition) is 1. The predicted octanol–water partition coefficient (Wildman–Crippen LogP) is 1.77. The average Bonchev–Trinajstić information content (AvgIpc) is 2.29. The van der Waals surface area contributed by atoms with Gasteiger partial charge >= 0.3 is 7.48 Å². The summed E-state index contributed by atoms with van der Waals surface area (Å²) < 4.78 is 13.5. The molecule has 0 aromatic heterocycles. The van der Waals surface area contributed by atoms with Gasteiger partial charge in [0.15, 0.2) is 0 Å². The summed E-state index contributed by atoms with van der Waals surface area (Å²) in [6, 6.07) is 12.8. The molecule has 0 aliphatic heterocycles. The van der Waals surface area contributed by atoms with Crippen molar-refractivity contribution in [2.24, 2.45) is 0 Å². The second-order valence-corrected chi connectivity index (χ2v) is 3.83. The monoisotopic (exact) mass is 214 g/mol. The molecule has 0 atom stereocenters. The number of halogens is 1. The Morgan fingerprint density at radius 1 is 1.06 bits per heavy atom. The highest BCUT2D eigenvalue weighted by molar-refractivity contribution is 6.45. The van der Waals surface area contributed by atoms with Crippen LogP contribution in [0.1, 0.15) is 5.56 Å². The summed E-state index contributed by atoms with van der Waals surface area (Å²) in [5, 5.41) is 8.88.